The van der Waals surface area contributed by atoms with E-state index in [1.165, 1.54) is 5.01 Å². The van der Waals surface area contributed by atoms with Crippen molar-refractivity contribution in [1.29, 1.82) is 0 Å². The summed E-state index contributed by atoms with van der Waals surface area (Å²) in [7, 11) is 0. The van der Waals surface area contributed by atoms with Crippen molar-refractivity contribution in [2.75, 3.05) is 6.54 Å². The van der Waals surface area contributed by atoms with Gasteiger partial charge in [-0.05, 0) is 26.2 Å². The van der Waals surface area contributed by atoms with Crippen molar-refractivity contribution in [1.82, 2.24) is 20.0 Å². The highest BCUT2D eigenvalue weighted by atomic mass is 32.1. The molecule has 4 heterocycles. The van der Waals surface area contributed by atoms with Crippen LogP contribution in [0.25, 0.3) is 0 Å². The number of ether oxygens (including phenoxy) is 1. The van der Waals surface area contributed by atoms with Crippen LogP contribution in [0.4, 0.5) is 0 Å². The molecule has 7 heteroatoms. The Morgan fingerprint density at radius 3 is 3.10 bits per heavy atom. The van der Waals surface area contributed by atoms with E-state index in [0.717, 1.165) is 32.4 Å². The summed E-state index contributed by atoms with van der Waals surface area (Å²) in [5.41, 5.74) is 0. The number of fused-ring (bicyclic) bond motifs is 1. The molecule has 0 N–H and O–H groups in total. The molecule has 0 unspecified atom stereocenters. The summed E-state index contributed by atoms with van der Waals surface area (Å²) in [5.74, 6) is 1.30. The minimum atomic E-state index is -0.0349. The topological polar surface area (TPSA) is 64.3 Å². The van der Waals surface area contributed by atoms with Gasteiger partial charge in [0.05, 0.1) is 12.6 Å². The van der Waals surface area contributed by atoms with Crippen molar-refractivity contribution in [2.45, 2.75) is 51.0 Å². The van der Waals surface area contributed by atoms with Crippen LogP contribution in [0.1, 0.15) is 42.1 Å². The van der Waals surface area contributed by atoms with Crippen LogP contribution in [-0.2, 0) is 11.3 Å². The largest absolute Gasteiger partial charge is 0.363 e. The number of hydrogen-bond donors (Lipinski definition) is 0. The van der Waals surface area contributed by atoms with E-state index in [0.29, 0.717) is 17.8 Å². The predicted molar refractivity (Wildman–Crippen MR) is 76.8 cm³/mol. The van der Waals surface area contributed by atoms with E-state index in [9.17, 15) is 0 Å². The van der Waals surface area contributed by atoms with Crippen LogP contribution in [0.2, 0.25) is 0 Å². The molecule has 2 aliphatic heterocycles. The minimum absolute atomic E-state index is 0.0349. The lowest BCUT2D eigenvalue weighted by Crippen LogP contribution is -2.40. The molecule has 0 aromatic carbocycles. The van der Waals surface area contributed by atoms with Gasteiger partial charge in [0.1, 0.15) is 11.1 Å². The minimum Gasteiger partial charge on any atom is -0.363 e. The SMILES string of the molecule is Cc1noc([C@@H]2CC[C@@H]3[C@@H](CCN3Cc3nccs3)O2)n1. The Labute approximate surface area is 127 Å². The normalized spacial score (nSPS) is 29.7. The highest BCUT2D eigenvalue weighted by molar-refractivity contribution is 7.09. The van der Waals surface area contributed by atoms with Crippen molar-refractivity contribution in [3.63, 3.8) is 0 Å². The Morgan fingerprint density at radius 1 is 1.38 bits per heavy atom. The molecular formula is C14H18N4O2S. The van der Waals surface area contributed by atoms with E-state index in [-0.39, 0.29) is 12.2 Å². The van der Waals surface area contributed by atoms with E-state index in [2.05, 4.69) is 20.0 Å². The first-order valence-electron chi connectivity index (χ1n) is 7.37. The molecule has 2 fully saturated rings. The number of thiazole rings is 1. The number of hydrogen-bond acceptors (Lipinski definition) is 7. The molecule has 0 amide bonds. The molecule has 0 saturated carbocycles. The Bertz CT molecular complexity index is 600. The van der Waals surface area contributed by atoms with Crippen LogP contribution in [0, 0.1) is 6.92 Å². The van der Waals surface area contributed by atoms with Gasteiger partial charge in [-0.2, -0.15) is 4.98 Å². The van der Waals surface area contributed by atoms with Gasteiger partial charge in [-0.25, -0.2) is 4.98 Å². The number of likely N-dealkylation sites (tertiary alicyclic amines) is 1. The standard InChI is InChI=1S/C14H18N4O2S/c1-9-16-14(20-17-9)12-3-2-10-11(19-12)4-6-18(10)8-13-15-5-7-21-13/h5,7,10-12H,2-4,6,8H2,1H3/t10-,11-,12+/m1/s1. The van der Waals surface area contributed by atoms with E-state index in [1.807, 2.05) is 18.5 Å². The van der Waals surface area contributed by atoms with Gasteiger partial charge in [0, 0.05) is 24.2 Å². The molecule has 0 spiro atoms. The molecule has 0 radical (unpaired) electrons. The Balaban J connectivity index is 1.42. The first kappa shape index (κ1) is 13.4. The Morgan fingerprint density at radius 2 is 2.33 bits per heavy atom. The average molecular weight is 306 g/mol. The van der Waals surface area contributed by atoms with Crippen molar-refractivity contribution in [2.24, 2.45) is 0 Å². The van der Waals surface area contributed by atoms with Crippen LogP contribution < -0.4 is 0 Å². The smallest absolute Gasteiger partial charge is 0.255 e. The maximum atomic E-state index is 6.20. The number of rotatable bonds is 3. The molecule has 2 aliphatic rings. The molecular weight excluding hydrogens is 288 g/mol. The third kappa shape index (κ3) is 2.61. The zero-order chi connectivity index (χ0) is 14.2. The maximum absolute atomic E-state index is 6.20. The van der Waals surface area contributed by atoms with Gasteiger partial charge >= 0.3 is 0 Å². The molecule has 0 aliphatic carbocycles. The molecule has 112 valence electrons. The molecule has 21 heavy (non-hydrogen) atoms. The van der Waals surface area contributed by atoms with Crippen LogP contribution in [0.15, 0.2) is 16.1 Å². The van der Waals surface area contributed by atoms with Gasteiger partial charge in [0.25, 0.3) is 5.89 Å². The number of aromatic nitrogens is 3. The first-order chi connectivity index (χ1) is 10.3. The summed E-state index contributed by atoms with van der Waals surface area (Å²) in [6.45, 7) is 3.85. The second kappa shape index (κ2) is 5.47. The van der Waals surface area contributed by atoms with Crippen LogP contribution in [0.5, 0.6) is 0 Å². The number of nitrogens with zero attached hydrogens (tertiary/aromatic N) is 4. The van der Waals surface area contributed by atoms with E-state index in [4.69, 9.17) is 9.26 Å². The van der Waals surface area contributed by atoms with E-state index < -0.39 is 0 Å². The molecule has 4 rings (SSSR count). The van der Waals surface area contributed by atoms with Crippen molar-refractivity contribution >= 4 is 11.3 Å². The Hall–Kier alpha value is -1.31. The summed E-state index contributed by atoms with van der Waals surface area (Å²) in [6.07, 6.45) is 5.24. The zero-order valence-electron chi connectivity index (χ0n) is 11.9. The first-order valence-corrected chi connectivity index (χ1v) is 8.25. The van der Waals surface area contributed by atoms with Gasteiger partial charge in [-0.1, -0.05) is 5.16 Å². The molecule has 0 bridgehead atoms. The van der Waals surface area contributed by atoms with Gasteiger partial charge in [-0.15, -0.1) is 11.3 Å². The van der Waals surface area contributed by atoms with Crippen LogP contribution in [0.3, 0.4) is 0 Å². The molecule has 2 aromatic heterocycles. The molecule has 2 saturated heterocycles. The average Bonchev–Trinajstić information content (AvgIpc) is 3.21. The maximum Gasteiger partial charge on any atom is 0.255 e. The zero-order valence-corrected chi connectivity index (χ0v) is 12.8. The lowest BCUT2D eigenvalue weighted by molar-refractivity contribution is -0.0831. The van der Waals surface area contributed by atoms with Crippen molar-refractivity contribution < 1.29 is 9.26 Å². The van der Waals surface area contributed by atoms with E-state index in [1.54, 1.807) is 11.3 Å². The quantitative estimate of drug-likeness (QED) is 0.867. The van der Waals surface area contributed by atoms with Crippen molar-refractivity contribution in [3.8, 4) is 0 Å². The fourth-order valence-corrected chi connectivity index (χ4v) is 3.98. The van der Waals surface area contributed by atoms with Gasteiger partial charge in [-0.3, -0.25) is 4.90 Å². The van der Waals surface area contributed by atoms with Gasteiger partial charge < -0.3 is 9.26 Å². The highest BCUT2D eigenvalue weighted by Crippen LogP contribution is 2.38. The second-order valence-electron chi connectivity index (χ2n) is 5.67. The monoisotopic (exact) mass is 306 g/mol. The third-order valence-electron chi connectivity index (χ3n) is 4.30. The fraction of sp³-hybridized carbons (Fsp3) is 0.643. The Kier molecular flexibility index (Phi) is 3.48. The lowest BCUT2D eigenvalue weighted by Gasteiger charge is -2.34. The van der Waals surface area contributed by atoms with Crippen molar-refractivity contribution in [3.05, 3.63) is 28.3 Å². The van der Waals surface area contributed by atoms with E-state index >= 15 is 0 Å². The summed E-state index contributed by atoms with van der Waals surface area (Å²) < 4.78 is 11.5. The summed E-state index contributed by atoms with van der Waals surface area (Å²) in [5, 5.41) is 7.08. The second-order valence-corrected chi connectivity index (χ2v) is 6.65. The van der Waals surface area contributed by atoms with Gasteiger partial charge in [0.15, 0.2) is 5.82 Å². The third-order valence-corrected chi connectivity index (χ3v) is 5.07. The van der Waals surface area contributed by atoms with Gasteiger partial charge in [0.2, 0.25) is 0 Å². The highest BCUT2D eigenvalue weighted by Gasteiger charge is 2.41. The lowest BCUT2D eigenvalue weighted by atomic mass is 9.99. The molecule has 2 aromatic rings. The molecule has 6 nitrogen and oxygen atoms in total. The molecule has 3 atom stereocenters. The predicted octanol–water partition coefficient (Wildman–Crippen LogP) is 2.33. The fourth-order valence-electron chi connectivity index (χ4n) is 3.34. The summed E-state index contributed by atoms with van der Waals surface area (Å²) >= 11 is 1.72. The summed E-state index contributed by atoms with van der Waals surface area (Å²) in [4.78, 5) is 11.2. The van der Waals surface area contributed by atoms with Crippen LogP contribution >= 0.6 is 11.3 Å². The van der Waals surface area contributed by atoms with Crippen LogP contribution in [-0.4, -0.2) is 38.7 Å². The number of aryl methyl sites for hydroxylation is 1. The summed E-state index contributed by atoms with van der Waals surface area (Å²) in [6, 6.07) is 0.495.